The van der Waals surface area contributed by atoms with E-state index in [1.165, 1.54) is 23.1 Å². The van der Waals surface area contributed by atoms with Crippen LogP contribution in [0.25, 0.3) is 15.9 Å². The summed E-state index contributed by atoms with van der Waals surface area (Å²) in [6, 6.07) is 7.88. The van der Waals surface area contributed by atoms with Crippen LogP contribution in [0, 0.1) is 12.8 Å². The third-order valence-electron chi connectivity index (χ3n) is 6.67. The van der Waals surface area contributed by atoms with Crippen molar-refractivity contribution in [3.8, 4) is 5.69 Å². The van der Waals surface area contributed by atoms with E-state index in [2.05, 4.69) is 13.8 Å². The molecule has 3 aromatic rings. The number of thiophene rings is 1. The maximum absolute atomic E-state index is 14.1. The molecule has 5 rings (SSSR count). The van der Waals surface area contributed by atoms with Crippen LogP contribution in [0.1, 0.15) is 36.8 Å². The second-order valence-corrected chi connectivity index (χ2v) is 11.9. The summed E-state index contributed by atoms with van der Waals surface area (Å²) in [5, 5.41) is 0.857. The molecule has 1 saturated heterocycles. The van der Waals surface area contributed by atoms with E-state index in [9.17, 15) is 9.59 Å². The highest BCUT2D eigenvalue weighted by atomic mass is 32.2. The minimum absolute atomic E-state index is 0.0436. The third kappa shape index (κ3) is 4.79. The summed E-state index contributed by atoms with van der Waals surface area (Å²) in [6.45, 7) is 11.0. The zero-order valence-electron chi connectivity index (χ0n) is 20.6. The molecule has 4 heterocycles. The monoisotopic (exact) mass is 513 g/mol. The molecule has 0 spiro atoms. The number of ether oxygens (including phenoxy) is 2. The van der Waals surface area contributed by atoms with Crippen LogP contribution >= 0.6 is 23.1 Å². The molecule has 2 aromatic heterocycles. The Kier molecular flexibility index (Phi) is 7.03. The van der Waals surface area contributed by atoms with E-state index in [1.807, 2.05) is 43.0 Å². The molecule has 0 N–H and O–H groups in total. The van der Waals surface area contributed by atoms with Gasteiger partial charge in [-0.1, -0.05) is 37.7 Å². The van der Waals surface area contributed by atoms with Gasteiger partial charge in [0, 0.05) is 24.4 Å². The number of thioether (sulfide) groups is 1. The quantitative estimate of drug-likeness (QED) is 0.376. The Bertz CT molecular complexity index is 1310. The Morgan fingerprint density at radius 2 is 2.00 bits per heavy atom. The molecule has 0 bridgehead atoms. The largest absolute Gasteiger partial charge is 0.378 e. The molecule has 2 aliphatic rings. The second-order valence-electron chi connectivity index (χ2n) is 9.55. The fraction of sp³-hybridized carbons (Fsp3) is 0.500. The van der Waals surface area contributed by atoms with Crippen LogP contribution in [0.5, 0.6) is 0 Å². The average Bonchev–Trinajstić information content (AvgIpc) is 3.22. The maximum atomic E-state index is 14.1. The second kappa shape index (κ2) is 10.0. The van der Waals surface area contributed by atoms with Crippen molar-refractivity contribution in [1.82, 2.24) is 14.5 Å². The molecule has 0 saturated carbocycles. The van der Waals surface area contributed by atoms with E-state index in [0.717, 1.165) is 32.9 Å². The number of aromatic nitrogens is 2. The van der Waals surface area contributed by atoms with Crippen LogP contribution in [0.4, 0.5) is 0 Å². The average molecular weight is 514 g/mol. The minimum atomic E-state index is -0.378. The lowest BCUT2D eigenvalue weighted by Gasteiger charge is -2.29. The molecule has 1 fully saturated rings. The molecular formula is C26H31N3O4S2. The number of nitrogens with zero attached hydrogens (tertiary/aromatic N) is 3. The fourth-order valence-corrected chi connectivity index (χ4v) is 6.83. The van der Waals surface area contributed by atoms with Gasteiger partial charge in [0.15, 0.2) is 5.16 Å². The fourth-order valence-electron chi connectivity index (χ4n) is 4.66. The van der Waals surface area contributed by atoms with Gasteiger partial charge in [-0.25, -0.2) is 4.98 Å². The number of hydrogen-bond acceptors (Lipinski definition) is 7. The van der Waals surface area contributed by atoms with E-state index >= 15 is 0 Å². The third-order valence-corrected chi connectivity index (χ3v) is 8.81. The number of carbonyl (C=O) groups is 1. The first-order valence-electron chi connectivity index (χ1n) is 12.1. The summed E-state index contributed by atoms with van der Waals surface area (Å²) >= 11 is 2.89. The molecule has 35 heavy (non-hydrogen) atoms. The van der Waals surface area contributed by atoms with Crippen LogP contribution < -0.4 is 5.56 Å². The van der Waals surface area contributed by atoms with Gasteiger partial charge in [-0.3, -0.25) is 14.2 Å². The highest BCUT2D eigenvalue weighted by molar-refractivity contribution is 8.00. The Morgan fingerprint density at radius 3 is 2.71 bits per heavy atom. The zero-order chi connectivity index (χ0) is 24.7. The van der Waals surface area contributed by atoms with Crippen molar-refractivity contribution in [1.29, 1.82) is 0 Å². The van der Waals surface area contributed by atoms with Crippen LogP contribution in [0.2, 0.25) is 0 Å². The molecule has 1 aromatic carbocycles. The maximum Gasteiger partial charge on any atom is 0.267 e. The Hall–Kier alpha value is -2.20. The molecule has 0 unspecified atom stereocenters. The van der Waals surface area contributed by atoms with Crippen molar-refractivity contribution < 1.29 is 14.3 Å². The summed E-state index contributed by atoms with van der Waals surface area (Å²) in [4.78, 5) is 35.8. The zero-order valence-corrected chi connectivity index (χ0v) is 22.2. The number of hydrogen-bond donors (Lipinski definition) is 0. The molecule has 9 heteroatoms. The lowest BCUT2D eigenvalue weighted by Crippen LogP contribution is -2.44. The lowest BCUT2D eigenvalue weighted by atomic mass is 9.96. The summed E-state index contributed by atoms with van der Waals surface area (Å²) in [5.74, 6) is 0.411. The van der Waals surface area contributed by atoms with E-state index in [4.69, 9.17) is 14.5 Å². The van der Waals surface area contributed by atoms with Crippen LogP contribution in [-0.2, 0) is 27.3 Å². The van der Waals surface area contributed by atoms with Gasteiger partial charge in [-0.05, 0) is 43.0 Å². The first kappa shape index (κ1) is 24.5. The number of amides is 1. The van der Waals surface area contributed by atoms with Gasteiger partial charge in [0.05, 0.1) is 42.2 Å². The summed E-state index contributed by atoms with van der Waals surface area (Å²) < 4.78 is 13.2. The Morgan fingerprint density at radius 1 is 1.23 bits per heavy atom. The standard InChI is InChI=1S/C26H31N3O4S2/c1-15(2)20-13-19-21(14-33-20)35-23-22(19)25(31)29(18-7-5-6-16(3)12-18)26(27-23)34-17(4)24(30)28-8-10-32-11-9-28/h5-7,12,15,17,20H,8-11,13-14H2,1-4H3/t17-,20+/m0/s1. The Balaban J connectivity index is 1.61. The van der Waals surface area contributed by atoms with Gasteiger partial charge in [-0.15, -0.1) is 11.3 Å². The van der Waals surface area contributed by atoms with Crippen molar-refractivity contribution >= 4 is 39.2 Å². The number of morpholine rings is 1. The summed E-state index contributed by atoms with van der Waals surface area (Å²) in [7, 11) is 0. The lowest BCUT2D eigenvalue weighted by molar-refractivity contribution is -0.134. The number of fused-ring (bicyclic) bond motifs is 3. The highest BCUT2D eigenvalue weighted by Gasteiger charge is 2.30. The topological polar surface area (TPSA) is 73.7 Å². The predicted molar refractivity (Wildman–Crippen MR) is 140 cm³/mol. The van der Waals surface area contributed by atoms with Gasteiger partial charge >= 0.3 is 0 Å². The van der Waals surface area contributed by atoms with Crippen molar-refractivity contribution in [3.63, 3.8) is 0 Å². The van der Waals surface area contributed by atoms with Crippen molar-refractivity contribution in [2.75, 3.05) is 26.3 Å². The molecular weight excluding hydrogens is 482 g/mol. The van der Waals surface area contributed by atoms with Gasteiger partial charge in [0.1, 0.15) is 4.83 Å². The molecule has 2 atom stereocenters. The van der Waals surface area contributed by atoms with Crippen molar-refractivity contribution in [2.45, 2.75) is 57.2 Å². The number of carbonyl (C=O) groups excluding carboxylic acids is 1. The molecule has 7 nitrogen and oxygen atoms in total. The highest BCUT2D eigenvalue weighted by Crippen LogP contribution is 2.37. The number of benzene rings is 1. The van der Waals surface area contributed by atoms with Crippen LogP contribution in [-0.4, -0.2) is 58.0 Å². The van der Waals surface area contributed by atoms with E-state index < -0.39 is 0 Å². The predicted octanol–water partition coefficient (Wildman–Crippen LogP) is 4.19. The first-order valence-corrected chi connectivity index (χ1v) is 13.8. The van der Waals surface area contributed by atoms with E-state index in [0.29, 0.717) is 49.4 Å². The molecule has 1 amide bonds. The first-order chi connectivity index (χ1) is 16.8. The SMILES string of the molecule is Cc1cccc(-n2c(S[C@@H](C)C(=O)N3CCOCC3)nc3sc4c(c3c2=O)C[C@H](C(C)C)OC4)c1. The van der Waals surface area contributed by atoms with Gasteiger partial charge in [-0.2, -0.15) is 0 Å². The molecule has 186 valence electrons. The summed E-state index contributed by atoms with van der Waals surface area (Å²) in [6.07, 6.45) is 0.809. The summed E-state index contributed by atoms with van der Waals surface area (Å²) in [5.41, 5.74) is 2.83. The van der Waals surface area contributed by atoms with Gasteiger partial charge in [0.2, 0.25) is 5.91 Å². The smallest absolute Gasteiger partial charge is 0.267 e. The normalized spacial score (nSPS) is 19.2. The van der Waals surface area contributed by atoms with Crippen LogP contribution in [0.15, 0.2) is 34.2 Å². The van der Waals surface area contributed by atoms with Crippen molar-refractivity contribution in [2.24, 2.45) is 5.92 Å². The van der Waals surface area contributed by atoms with Crippen molar-refractivity contribution in [3.05, 3.63) is 50.6 Å². The Labute approximate surface area is 213 Å². The molecule has 2 aliphatic heterocycles. The van der Waals surface area contributed by atoms with E-state index in [1.54, 1.807) is 4.57 Å². The molecule has 0 aliphatic carbocycles. The van der Waals surface area contributed by atoms with Crippen LogP contribution in [0.3, 0.4) is 0 Å². The number of rotatable bonds is 5. The minimum Gasteiger partial charge on any atom is -0.378 e. The molecule has 0 radical (unpaired) electrons. The van der Waals surface area contributed by atoms with E-state index in [-0.39, 0.29) is 22.8 Å². The van der Waals surface area contributed by atoms with Gasteiger partial charge in [0.25, 0.3) is 5.56 Å². The number of aryl methyl sites for hydroxylation is 1. The van der Waals surface area contributed by atoms with Gasteiger partial charge < -0.3 is 14.4 Å².